The normalized spacial score (nSPS) is 15.0. The second-order valence-corrected chi connectivity index (χ2v) is 5.46. The first kappa shape index (κ1) is 12.4. The summed E-state index contributed by atoms with van der Waals surface area (Å²) in [4.78, 5) is 0. The monoisotopic (exact) mass is 206 g/mol. The lowest BCUT2D eigenvalue weighted by molar-refractivity contribution is 0.208. The molecule has 2 N–H and O–H groups in total. The third kappa shape index (κ3) is 3.72. The van der Waals surface area contributed by atoms with Crippen LogP contribution in [0.5, 0.6) is 0 Å². The van der Waals surface area contributed by atoms with Crippen molar-refractivity contribution in [2.45, 2.75) is 31.6 Å². The van der Waals surface area contributed by atoms with E-state index >= 15 is 0 Å². The van der Waals surface area contributed by atoms with Crippen molar-refractivity contribution in [1.82, 2.24) is 4.72 Å². The summed E-state index contributed by atoms with van der Waals surface area (Å²) in [7, 11) is -3.65. The predicted octanol–water partition coefficient (Wildman–Crippen LogP) is -0.411. The maximum absolute atomic E-state index is 11.3. The highest BCUT2D eigenvalue weighted by Gasteiger charge is 2.28. The molecule has 5 nitrogen and oxygen atoms in total. The summed E-state index contributed by atoms with van der Waals surface area (Å²) < 4.78 is 24.8. The summed E-state index contributed by atoms with van der Waals surface area (Å²) >= 11 is 0. The van der Waals surface area contributed by atoms with Crippen LogP contribution in [0.2, 0.25) is 0 Å². The molecule has 0 radical (unpaired) electrons. The second-order valence-electron chi connectivity index (χ2n) is 3.46. The van der Waals surface area contributed by atoms with Crippen LogP contribution in [0.15, 0.2) is 0 Å². The number of aliphatic hydroxyl groups excluding tert-OH is 1. The number of aliphatic hydroxyl groups is 1. The third-order valence-electron chi connectivity index (χ3n) is 1.46. The number of nitriles is 1. The molecule has 76 valence electrons. The quantitative estimate of drug-likeness (QED) is 0.654. The van der Waals surface area contributed by atoms with Crippen LogP contribution >= 0.6 is 0 Å². The Kier molecular flexibility index (Phi) is 3.85. The molecule has 0 bridgehead atoms. The van der Waals surface area contributed by atoms with Gasteiger partial charge in [0.15, 0.2) is 5.25 Å². The van der Waals surface area contributed by atoms with Gasteiger partial charge in [0.05, 0.1) is 18.2 Å². The van der Waals surface area contributed by atoms with Gasteiger partial charge >= 0.3 is 0 Å². The van der Waals surface area contributed by atoms with E-state index in [9.17, 15) is 8.42 Å². The minimum atomic E-state index is -3.65. The van der Waals surface area contributed by atoms with Crippen molar-refractivity contribution in [1.29, 1.82) is 5.26 Å². The zero-order valence-electron chi connectivity index (χ0n) is 7.90. The third-order valence-corrected chi connectivity index (χ3v) is 3.33. The minimum absolute atomic E-state index is 0.315. The molecule has 0 heterocycles. The van der Waals surface area contributed by atoms with E-state index in [0.29, 0.717) is 0 Å². The zero-order chi connectivity index (χ0) is 10.7. The van der Waals surface area contributed by atoms with E-state index in [1.54, 1.807) is 6.07 Å². The Bertz CT molecular complexity index is 302. The number of nitrogens with one attached hydrogen (secondary N) is 1. The average Bonchev–Trinajstić information content (AvgIpc) is 2.01. The van der Waals surface area contributed by atoms with Gasteiger partial charge < -0.3 is 5.11 Å². The van der Waals surface area contributed by atoms with Gasteiger partial charge in [-0.15, -0.1) is 0 Å². The van der Waals surface area contributed by atoms with Crippen LogP contribution in [-0.2, 0) is 10.0 Å². The molecule has 0 saturated heterocycles. The summed E-state index contributed by atoms with van der Waals surface area (Å²) in [6, 6.07) is 1.62. The lowest BCUT2D eigenvalue weighted by atomic mass is 10.1. The molecule has 0 aromatic rings. The van der Waals surface area contributed by atoms with E-state index < -0.39 is 20.8 Å². The van der Waals surface area contributed by atoms with E-state index in [4.69, 9.17) is 10.4 Å². The number of sulfonamides is 1. The lowest BCUT2D eigenvalue weighted by Crippen LogP contribution is -2.48. The fourth-order valence-corrected chi connectivity index (χ4v) is 1.73. The van der Waals surface area contributed by atoms with E-state index in [1.165, 1.54) is 20.8 Å². The molecule has 0 aromatic heterocycles. The number of hydrogen-bond acceptors (Lipinski definition) is 4. The summed E-state index contributed by atoms with van der Waals surface area (Å²) in [5.41, 5.74) is -0.927. The van der Waals surface area contributed by atoms with Crippen LogP contribution in [-0.4, -0.2) is 30.9 Å². The maximum Gasteiger partial charge on any atom is 0.228 e. The Labute approximate surface area is 78.4 Å². The van der Waals surface area contributed by atoms with Gasteiger partial charge in [-0.2, -0.15) is 5.26 Å². The minimum Gasteiger partial charge on any atom is -0.394 e. The highest BCUT2D eigenvalue weighted by molar-refractivity contribution is 7.90. The molecule has 0 aliphatic carbocycles. The van der Waals surface area contributed by atoms with E-state index in [2.05, 4.69) is 4.72 Å². The Hall–Kier alpha value is -0.640. The topological polar surface area (TPSA) is 90.2 Å². The first-order valence-electron chi connectivity index (χ1n) is 3.78. The van der Waals surface area contributed by atoms with Crippen LogP contribution in [0.3, 0.4) is 0 Å². The first-order valence-corrected chi connectivity index (χ1v) is 5.33. The van der Waals surface area contributed by atoms with Crippen LogP contribution in [0.1, 0.15) is 20.8 Å². The van der Waals surface area contributed by atoms with Gasteiger partial charge in [-0.1, -0.05) is 0 Å². The summed E-state index contributed by atoms with van der Waals surface area (Å²) in [6.07, 6.45) is 0. The van der Waals surface area contributed by atoms with Gasteiger partial charge in [-0.05, 0) is 20.8 Å². The fourth-order valence-electron chi connectivity index (χ4n) is 0.575. The first-order chi connectivity index (χ1) is 5.75. The molecule has 0 rings (SSSR count). The van der Waals surface area contributed by atoms with Crippen molar-refractivity contribution in [2.24, 2.45) is 0 Å². The second kappa shape index (κ2) is 4.05. The van der Waals surface area contributed by atoms with Crippen molar-refractivity contribution in [2.75, 3.05) is 6.61 Å². The van der Waals surface area contributed by atoms with Gasteiger partial charge in [-0.3, -0.25) is 0 Å². The number of nitrogens with zero attached hydrogens (tertiary/aromatic N) is 1. The molecule has 1 atom stereocenters. The highest BCUT2D eigenvalue weighted by atomic mass is 32.2. The van der Waals surface area contributed by atoms with Gasteiger partial charge in [0.1, 0.15) is 0 Å². The molecule has 0 aromatic carbocycles. The van der Waals surface area contributed by atoms with Crippen LogP contribution in [0, 0.1) is 11.3 Å². The van der Waals surface area contributed by atoms with Gasteiger partial charge in [0, 0.05) is 0 Å². The number of hydrogen-bond donors (Lipinski definition) is 2. The van der Waals surface area contributed by atoms with Crippen molar-refractivity contribution in [3.63, 3.8) is 0 Å². The molecule has 0 aliphatic rings. The molecule has 0 aliphatic heterocycles. The summed E-state index contributed by atoms with van der Waals surface area (Å²) in [5, 5.41) is 16.1. The smallest absolute Gasteiger partial charge is 0.228 e. The molecule has 13 heavy (non-hydrogen) atoms. The van der Waals surface area contributed by atoms with E-state index in [1.807, 2.05) is 0 Å². The van der Waals surface area contributed by atoms with Crippen molar-refractivity contribution in [3.05, 3.63) is 0 Å². The Morgan fingerprint density at radius 1 is 1.62 bits per heavy atom. The van der Waals surface area contributed by atoms with Crippen LogP contribution in [0.4, 0.5) is 0 Å². The Morgan fingerprint density at radius 2 is 2.08 bits per heavy atom. The molecular weight excluding hydrogens is 192 g/mol. The average molecular weight is 206 g/mol. The van der Waals surface area contributed by atoms with Gasteiger partial charge in [-0.25, -0.2) is 13.1 Å². The molecule has 0 fully saturated rings. The largest absolute Gasteiger partial charge is 0.394 e. The van der Waals surface area contributed by atoms with Gasteiger partial charge in [0.25, 0.3) is 0 Å². The SMILES string of the molecule is CC(C#N)S(=O)(=O)NC(C)(C)CO. The van der Waals surface area contributed by atoms with Crippen LogP contribution < -0.4 is 4.72 Å². The number of rotatable bonds is 4. The molecule has 0 spiro atoms. The molecule has 6 heteroatoms. The summed E-state index contributed by atoms with van der Waals surface area (Å²) in [6.45, 7) is 4.05. The van der Waals surface area contributed by atoms with E-state index in [-0.39, 0.29) is 6.61 Å². The Morgan fingerprint density at radius 3 is 2.38 bits per heavy atom. The van der Waals surface area contributed by atoms with Crippen LogP contribution in [0.25, 0.3) is 0 Å². The molecule has 0 amide bonds. The predicted molar refractivity (Wildman–Crippen MR) is 48.3 cm³/mol. The maximum atomic E-state index is 11.3. The van der Waals surface area contributed by atoms with Crippen molar-refractivity contribution in [3.8, 4) is 6.07 Å². The van der Waals surface area contributed by atoms with Crippen molar-refractivity contribution >= 4 is 10.0 Å². The van der Waals surface area contributed by atoms with E-state index in [0.717, 1.165) is 0 Å². The Balaban J connectivity index is 4.65. The summed E-state index contributed by atoms with van der Waals surface area (Å²) in [5.74, 6) is 0. The van der Waals surface area contributed by atoms with Gasteiger partial charge in [0.2, 0.25) is 10.0 Å². The molecule has 0 saturated carbocycles. The molecular formula is C7H14N2O3S. The highest BCUT2D eigenvalue weighted by Crippen LogP contribution is 2.06. The fraction of sp³-hybridized carbons (Fsp3) is 0.857. The standard InChI is InChI=1S/C7H14N2O3S/c1-6(4-8)13(11,12)9-7(2,3)5-10/h6,9-10H,5H2,1-3H3. The molecule has 1 unspecified atom stereocenters. The lowest BCUT2D eigenvalue weighted by Gasteiger charge is -2.23. The zero-order valence-corrected chi connectivity index (χ0v) is 8.72. The van der Waals surface area contributed by atoms with Crippen molar-refractivity contribution < 1.29 is 13.5 Å².